The van der Waals surface area contributed by atoms with Crippen molar-refractivity contribution in [3.05, 3.63) is 48.6 Å². The average Bonchev–Trinajstić information content (AvgIpc) is 3.43. The van der Waals surface area contributed by atoms with Crippen LogP contribution in [0, 0.1) is 0 Å². The Morgan fingerprint density at radius 2 is 0.779 bits per heavy atom. The molecule has 0 spiro atoms. The standard InChI is InChI=1S/C66H123NO10/c1-3-5-7-9-11-13-15-17-19-21-23-25-26-27-28-29-30-31-32-34-35-37-39-41-43-45-47-49-51-53-58(69)61(71)57(56-76-66-64(74)63(73)62(72)60(55-68)77-66)67-65(75)59(70)54-52-50-48-46-44-42-40-38-36-33-24-22-20-18-16-14-12-10-8-6-4-2/h31-32,36-39,45,47,57-64,66,68-74H,3-30,33-35,40-44,46,48-56H2,1-2H3,(H,67,75)/b32-31+,38-36-,39-37+,47-45+. The first-order valence-electron chi connectivity index (χ1n) is 32.5. The van der Waals surface area contributed by atoms with E-state index in [4.69, 9.17) is 9.47 Å². The number of carbonyl (C=O) groups excluding carboxylic acids is 1. The van der Waals surface area contributed by atoms with Crippen molar-refractivity contribution in [2.75, 3.05) is 13.2 Å². The maximum atomic E-state index is 13.2. The van der Waals surface area contributed by atoms with Gasteiger partial charge in [0.05, 0.1) is 25.4 Å². The van der Waals surface area contributed by atoms with Gasteiger partial charge in [-0.15, -0.1) is 0 Å². The number of hydrogen-bond acceptors (Lipinski definition) is 10. The highest BCUT2D eigenvalue weighted by atomic mass is 16.7. The molecule has 1 fully saturated rings. The SMILES string of the molecule is CCCCCCCCCCCCC/C=C\CCCCCCCCC(O)C(=O)NC(COC1OC(CO)C(O)C(O)C1O)C(O)C(O)CCC/C=C/CC/C=C/CC/C=C/CCCCCCCCCCCCCCCCCC. The largest absolute Gasteiger partial charge is 0.394 e. The molecule has 1 aliphatic heterocycles. The van der Waals surface area contributed by atoms with Crippen molar-refractivity contribution in [1.82, 2.24) is 5.32 Å². The van der Waals surface area contributed by atoms with Crippen molar-refractivity contribution in [2.24, 2.45) is 0 Å². The molecule has 0 aliphatic carbocycles. The van der Waals surface area contributed by atoms with Crippen molar-refractivity contribution in [3.63, 3.8) is 0 Å². The lowest BCUT2D eigenvalue weighted by atomic mass is 9.98. The third kappa shape index (κ3) is 42.6. The normalized spacial score (nSPS) is 19.8. The highest BCUT2D eigenvalue weighted by Crippen LogP contribution is 2.23. The van der Waals surface area contributed by atoms with Gasteiger partial charge < -0.3 is 50.5 Å². The van der Waals surface area contributed by atoms with E-state index in [0.717, 1.165) is 64.2 Å². The summed E-state index contributed by atoms with van der Waals surface area (Å²) in [4.78, 5) is 13.2. The maximum Gasteiger partial charge on any atom is 0.249 e. The average molecular weight is 1090 g/mol. The van der Waals surface area contributed by atoms with Crippen LogP contribution in [0.3, 0.4) is 0 Å². The lowest BCUT2D eigenvalue weighted by Gasteiger charge is -2.40. The predicted molar refractivity (Wildman–Crippen MR) is 321 cm³/mol. The van der Waals surface area contributed by atoms with E-state index in [0.29, 0.717) is 19.3 Å². The fourth-order valence-corrected chi connectivity index (χ4v) is 10.3. The summed E-state index contributed by atoms with van der Waals surface area (Å²) < 4.78 is 11.1. The molecular formula is C66H123NO10. The number of hydrogen-bond donors (Lipinski definition) is 8. The molecule has 1 amide bonds. The summed E-state index contributed by atoms with van der Waals surface area (Å²) in [6, 6.07) is -1.20. The van der Waals surface area contributed by atoms with E-state index in [2.05, 4.69) is 67.8 Å². The molecule has 8 N–H and O–H groups in total. The molecule has 0 radical (unpaired) electrons. The number of carbonyl (C=O) groups is 1. The lowest BCUT2D eigenvalue weighted by molar-refractivity contribution is -0.303. The van der Waals surface area contributed by atoms with Gasteiger partial charge in [0.25, 0.3) is 0 Å². The van der Waals surface area contributed by atoms with Gasteiger partial charge in [-0.1, -0.05) is 255 Å². The summed E-state index contributed by atoms with van der Waals surface area (Å²) >= 11 is 0. The maximum absolute atomic E-state index is 13.2. The molecule has 9 unspecified atom stereocenters. The molecule has 1 heterocycles. The topological polar surface area (TPSA) is 189 Å². The fourth-order valence-electron chi connectivity index (χ4n) is 10.3. The minimum atomic E-state index is -1.68. The number of ether oxygens (including phenoxy) is 2. The highest BCUT2D eigenvalue weighted by molar-refractivity contribution is 5.80. The Kier molecular flexibility index (Phi) is 51.9. The Bertz CT molecular complexity index is 1390. The van der Waals surface area contributed by atoms with Crippen LogP contribution in [0.2, 0.25) is 0 Å². The second-order valence-electron chi connectivity index (χ2n) is 22.8. The number of unbranched alkanes of at least 4 members (excludes halogenated alkanes) is 36. The number of amides is 1. The van der Waals surface area contributed by atoms with E-state index < -0.39 is 74.2 Å². The Hall–Kier alpha value is -1.93. The number of nitrogens with one attached hydrogen (secondary N) is 1. The molecule has 0 aromatic heterocycles. The van der Waals surface area contributed by atoms with Gasteiger partial charge in [-0.25, -0.2) is 0 Å². The Labute approximate surface area is 472 Å². The van der Waals surface area contributed by atoms with Gasteiger partial charge >= 0.3 is 0 Å². The van der Waals surface area contributed by atoms with Crippen LogP contribution in [0.4, 0.5) is 0 Å². The van der Waals surface area contributed by atoms with E-state index in [9.17, 15) is 40.5 Å². The van der Waals surface area contributed by atoms with Crippen LogP contribution in [0.15, 0.2) is 48.6 Å². The smallest absolute Gasteiger partial charge is 0.249 e. The third-order valence-electron chi connectivity index (χ3n) is 15.6. The van der Waals surface area contributed by atoms with E-state index in [1.807, 2.05) is 0 Å². The first kappa shape index (κ1) is 73.1. The molecule has 0 saturated carbocycles. The van der Waals surface area contributed by atoms with Crippen LogP contribution in [-0.4, -0.2) is 110 Å². The molecule has 0 bridgehead atoms. The molecule has 77 heavy (non-hydrogen) atoms. The monoisotopic (exact) mass is 1090 g/mol. The quantitative estimate of drug-likeness (QED) is 0.0215. The van der Waals surface area contributed by atoms with Crippen molar-refractivity contribution >= 4 is 5.91 Å². The van der Waals surface area contributed by atoms with Gasteiger partial charge in [0, 0.05) is 0 Å². The molecule has 1 saturated heterocycles. The van der Waals surface area contributed by atoms with Crippen molar-refractivity contribution in [3.8, 4) is 0 Å². The van der Waals surface area contributed by atoms with E-state index in [-0.39, 0.29) is 12.8 Å². The van der Waals surface area contributed by atoms with Gasteiger partial charge in [-0.05, 0) is 89.9 Å². The number of rotatable bonds is 56. The zero-order chi connectivity index (χ0) is 56.1. The third-order valence-corrected chi connectivity index (χ3v) is 15.6. The Balaban J connectivity index is 2.29. The summed E-state index contributed by atoms with van der Waals surface area (Å²) in [7, 11) is 0. The minimum Gasteiger partial charge on any atom is -0.394 e. The van der Waals surface area contributed by atoms with Crippen LogP contribution in [0.5, 0.6) is 0 Å². The molecule has 1 aliphatic rings. The Morgan fingerprint density at radius 1 is 0.442 bits per heavy atom. The number of aliphatic hydroxyl groups is 7. The molecule has 11 heteroatoms. The summed E-state index contributed by atoms with van der Waals surface area (Å²) in [6.45, 7) is 3.47. The predicted octanol–water partition coefficient (Wildman–Crippen LogP) is 14.8. The summed E-state index contributed by atoms with van der Waals surface area (Å²) in [5.41, 5.74) is 0. The van der Waals surface area contributed by atoms with E-state index >= 15 is 0 Å². The molecule has 11 nitrogen and oxygen atoms in total. The van der Waals surface area contributed by atoms with E-state index in [1.54, 1.807) is 0 Å². The molecule has 0 aromatic rings. The molecular weight excluding hydrogens is 967 g/mol. The lowest BCUT2D eigenvalue weighted by Crippen LogP contribution is -2.60. The van der Waals surface area contributed by atoms with Crippen molar-refractivity contribution < 1.29 is 50.0 Å². The van der Waals surface area contributed by atoms with Gasteiger partial charge in [0.15, 0.2) is 6.29 Å². The molecule has 9 atom stereocenters. The van der Waals surface area contributed by atoms with Crippen LogP contribution in [0.1, 0.15) is 296 Å². The first-order chi connectivity index (χ1) is 37.7. The first-order valence-corrected chi connectivity index (χ1v) is 32.5. The summed E-state index contributed by atoms with van der Waals surface area (Å²) in [5, 5.41) is 76.3. The van der Waals surface area contributed by atoms with Crippen molar-refractivity contribution in [2.45, 2.75) is 351 Å². The van der Waals surface area contributed by atoms with Gasteiger partial charge in [-0.3, -0.25) is 4.79 Å². The fraction of sp³-hybridized carbons (Fsp3) is 0.864. The molecule has 452 valence electrons. The summed E-state index contributed by atoms with van der Waals surface area (Å²) in [5.74, 6) is -0.715. The van der Waals surface area contributed by atoms with Gasteiger partial charge in [-0.2, -0.15) is 0 Å². The van der Waals surface area contributed by atoms with Crippen LogP contribution >= 0.6 is 0 Å². The zero-order valence-corrected chi connectivity index (χ0v) is 49.7. The highest BCUT2D eigenvalue weighted by Gasteiger charge is 2.44. The number of allylic oxidation sites excluding steroid dienone is 8. The van der Waals surface area contributed by atoms with E-state index in [1.165, 1.54) is 186 Å². The van der Waals surface area contributed by atoms with Crippen LogP contribution in [0.25, 0.3) is 0 Å². The van der Waals surface area contributed by atoms with Crippen LogP contribution in [-0.2, 0) is 14.3 Å². The van der Waals surface area contributed by atoms with Gasteiger partial charge in [0.1, 0.15) is 36.6 Å². The van der Waals surface area contributed by atoms with Gasteiger partial charge in [0.2, 0.25) is 5.91 Å². The molecule has 0 aromatic carbocycles. The minimum absolute atomic E-state index is 0.239. The molecule has 1 rings (SSSR count). The second-order valence-corrected chi connectivity index (χ2v) is 22.8. The Morgan fingerprint density at radius 3 is 1.16 bits per heavy atom. The summed E-state index contributed by atoms with van der Waals surface area (Å²) in [6.07, 6.45) is 59.0. The van der Waals surface area contributed by atoms with Crippen LogP contribution < -0.4 is 5.32 Å². The second kappa shape index (κ2) is 54.6. The van der Waals surface area contributed by atoms with Crippen molar-refractivity contribution in [1.29, 1.82) is 0 Å². The number of aliphatic hydroxyl groups excluding tert-OH is 7. The zero-order valence-electron chi connectivity index (χ0n) is 49.7.